The molecule has 0 saturated carbocycles. The molecule has 82 valence electrons. The van der Waals surface area contributed by atoms with Crippen LogP contribution in [0.5, 0.6) is 0 Å². The number of amides is 1. The molecule has 0 aliphatic carbocycles. The second kappa shape index (κ2) is 3.50. The van der Waals surface area contributed by atoms with Crippen LogP contribution in [0.3, 0.4) is 0 Å². The summed E-state index contributed by atoms with van der Waals surface area (Å²) in [5.41, 5.74) is 2.40. The highest BCUT2D eigenvalue weighted by atomic mass is 32.1. The molecular formula is C10H9N3O2S. The van der Waals surface area contributed by atoms with Crippen LogP contribution in [0.15, 0.2) is 18.2 Å². The fourth-order valence-corrected chi connectivity index (χ4v) is 2.39. The van der Waals surface area contributed by atoms with Crippen molar-refractivity contribution in [3.8, 4) is 0 Å². The minimum Gasteiger partial charge on any atom is -0.391 e. The predicted octanol–water partition coefficient (Wildman–Crippen LogP) is 0.789. The maximum Gasteiger partial charge on any atom is 0.229 e. The van der Waals surface area contributed by atoms with E-state index in [-0.39, 0.29) is 12.3 Å². The van der Waals surface area contributed by atoms with Crippen molar-refractivity contribution in [2.75, 3.05) is 11.4 Å². The number of aliphatic hydroxyl groups is 1. The number of hydrogen-bond donors (Lipinski definition) is 1. The van der Waals surface area contributed by atoms with Crippen molar-refractivity contribution >= 4 is 34.4 Å². The Bertz CT molecular complexity index is 554. The summed E-state index contributed by atoms with van der Waals surface area (Å²) >= 11 is 1.15. The number of benzene rings is 1. The number of fused-ring (bicyclic) bond motifs is 1. The normalized spacial score (nSPS) is 20.9. The van der Waals surface area contributed by atoms with Crippen LogP contribution in [-0.2, 0) is 4.79 Å². The quantitative estimate of drug-likeness (QED) is 0.793. The molecule has 1 amide bonds. The highest BCUT2D eigenvalue weighted by Crippen LogP contribution is 2.24. The standard InChI is InChI=1S/C10H9N3O2S/c14-7-4-10(15)13(5-7)6-1-2-8-9(3-6)12-16-11-8/h1-3,7,14H,4-5H2. The molecular weight excluding hydrogens is 226 g/mol. The molecule has 1 N–H and O–H groups in total. The van der Waals surface area contributed by atoms with Crippen LogP contribution >= 0.6 is 11.7 Å². The van der Waals surface area contributed by atoms with Crippen molar-refractivity contribution in [2.24, 2.45) is 0 Å². The van der Waals surface area contributed by atoms with E-state index in [1.54, 1.807) is 4.90 Å². The van der Waals surface area contributed by atoms with Gasteiger partial charge in [0, 0.05) is 5.69 Å². The molecule has 1 aromatic carbocycles. The minimum absolute atomic E-state index is 0.0463. The number of aliphatic hydroxyl groups excluding tert-OH is 1. The Labute approximate surface area is 95.6 Å². The van der Waals surface area contributed by atoms with Gasteiger partial charge in [-0.05, 0) is 18.2 Å². The van der Waals surface area contributed by atoms with Gasteiger partial charge in [0.05, 0.1) is 30.8 Å². The van der Waals surface area contributed by atoms with Gasteiger partial charge in [-0.3, -0.25) is 4.79 Å². The lowest BCUT2D eigenvalue weighted by Crippen LogP contribution is -2.25. The van der Waals surface area contributed by atoms with Crippen molar-refractivity contribution in [3.05, 3.63) is 18.2 Å². The maximum atomic E-state index is 11.6. The third-order valence-corrected chi connectivity index (χ3v) is 3.21. The fraction of sp³-hybridized carbons (Fsp3) is 0.300. The first-order valence-corrected chi connectivity index (χ1v) is 5.68. The van der Waals surface area contributed by atoms with E-state index in [0.717, 1.165) is 28.4 Å². The van der Waals surface area contributed by atoms with Crippen LogP contribution in [0.25, 0.3) is 11.0 Å². The Morgan fingerprint density at radius 1 is 1.38 bits per heavy atom. The van der Waals surface area contributed by atoms with Crippen LogP contribution in [0.2, 0.25) is 0 Å². The molecule has 2 heterocycles. The van der Waals surface area contributed by atoms with Gasteiger partial charge in [0.2, 0.25) is 5.91 Å². The molecule has 1 aliphatic heterocycles. The summed E-state index contributed by atoms with van der Waals surface area (Å²) in [7, 11) is 0. The Morgan fingerprint density at radius 2 is 2.19 bits per heavy atom. The summed E-state index contributed by atoms with van der Waals surface area (Å²) < 4.78 is 8.22. The van der Waals surface area contributed by atoms with Crippen molar-refractivity contribution < 1.29 is 9.90 Å². The number of carbonyl (C=O) groups is 1. The Morgan fingerprint density at radius 3 is 2.94 bits per heavy atom. The summed E-state index contributed by atoms with van der Waals surface area (Å²) in [6, 6.07) is 5.50. The van der Waals surface area contributed by atoms with Crippen molar-refractivity contribution in [1.82, 2.24) is 8.75 Å². The molecule has 2 aromatic rings. The topological polar surface area (TPSA) is 66.3 Å². The lowest BCUT2D eigenvalue weighted by Gasteiger charge is -2.15. The van der Waals surface area contributed by atoms with Crippen LogP contribution in [0.4, 0.5) is 5.69 Å². The molecule has 5 nitrogen and oxygen atoms in total. The third kappa shape index (κ3) is 1.46. The van der Waals surface area contributed by atoms with Crippen LogP contribution in [0, 0.1) is 0 Å². The molecule has 1 aromatic heterocycles. The van der Waals surface area contributed by atoms with Gasteiger partial charge in [0.25, 0.3) is 0 Å². The van der Waals surface area contributed by atoms with E-state index in [4.69, 9.17) is 0 Å². The van der Waals surface area contributed by atoms with Gasteiger partial charge in [-0.15, -0.1) is 0 Å². The van der Waals surface area contributed by atoms with E-state index in [9.17, 15) is 9.90 Å². The number of aromatic nitrogens is 2. The zero-order chi connectivity index (χ0) is 11.1. The third-order valence-electron chi connectivity index (χ3n) is 2.65. The molecule has 1 fully saturated rings. The molecule has 0 bridgehead atoms. The van der Waals surface area contributed by atoms with E-state index < -0.39 is 6.10 Å². The van der Waals surface area contributed by atoms with Gasteiger partial charge >= 0.3 is 0 Å². The number of carbonyl (C=O) groups excluding carboxylic acids is 1. The van der Waals surface area contributed by atoms with E-state index >= 15 is 0 Å². The van der Waals surface area contributed by atoms with Gasteiger partial charge in [-0.1, -0.05) is 0 Å². The van der Waals surface area contributed by atoms with Crippen LogP contribution < -0.4 is 4.90 Å². The second-order valence-electron chi connectivity index (χ2n) is 3.80. The average molecular weight is 235 g/mol. The first-order chi connectivity index (χ1) is 7.74. The van der Waals surface area contributed by atoms with Crippen LogP contribution in [-0.4, -0.2) is 32.4 Å². The Hall–Kier alpha value is -1.53. The lowest BCUT2D eigenvalue weighted by molar-refractivity contribution is -0.117. The predicted molar refractivity (Wildman–Crippen MR) is 60.4 cm³/mol. The molecule has 1 unspecified atom stereocenters. The summed E-state index contributed by atoms with van der Waals surface area (Å²) in [6.45, 7) is 0.363. The molecule has 1 saturated heterocycles. The highest BCUT2D eigenvalue weighted by Gasteiger charge is 2.29. The summed E-state index contributed by atoms with van der Waals surface area (Å²) in [5.74, 6) is -0.0463. The van der Waals surface area contributed by atoms with E-state index in [1.807, 2.05) is 18.2 Å². The van der Waals surface area contributed by atoms with Crippen LogP contribution in [0.1, 0.15) is 6.42 Å². The molecule has 0 spiro atoms. The molecule has 1 atom stereocenters. The van der Waals surface area contributed by atoms with Crippen molar-refractivity contribution in [3.63, 3.8) is 0 Å². The number of anilines is 1. The first-order valence-electron chi connectivity index (χ1n) is 4.95. The number of hydrogen-bond acceptors (Lipinski definition) is 5. The maximum absolute atomic E-state index is 11.6. The van der Waals surface area contributed by atoms with Gasteiger partial charge in [0.1, 0.15) is 11.0 Å². The highest BCUT2D eigenvalue weighted by molar-refractivity contribution is 7.00. The van der Waals surface area contributed by atoms with Gasteiger partial charge in [-0.2, -0.15) is 8.75 Å². The average Bonchev–Trinajstić information content (AvgIpc) is 2.83. The number of nitrogens with zero attached hydrogens (tertiary/aromatic N) is 3. The molecule has 0 radical (unpaired) electrons. The monoisotopic (exact) mass is 235 g/mol. The number of β-amino-alcohol motifs (C(OH)–C–C–N with tert-alkyl or cyclic N) is 1. The molecule has 1 aliphatic rings. The van der Waals surface area contributed by atoms with E-state index in [0.29, 0.717) is 6.54 Å². The Kier molecular flexibility index (Phi) is 2.12. The smallest absolute Gasteiger partial charge is 0.229 e. The largest absolute Gasteiger partial charge is 0.391 e. The lowest BCUT2D eigenvalue weighted by atomic mass is 10.2. The Balaban J connectivity index is 2.02. The zero-order valence-electron chi connectivity index (χ0n) is 8.33. The molecule has 3 rings (SSSR count). The first kappa shape index (κ1) is 9.68. The summed E-state index contributed by atoms with van der Waals surface area (Å²) in [5, 5.41) is 9.42. The fourth-order valence-electron chi connectivity index (χ4n) is 1.88. The van der Waals surface area contributed by atoms with Crippen molar-refractivity contribution in [1.29, 1.82) is 0 Å². The van der Waals surface area contributed by atoms with E-state index in [1.165, 1.54) is 0 Å². The van der Waals surface area contributed by atoms with Crippen molar-refractivity contribution in [2.45, 2.75) is 12.5 Å². The molecule has 16 heavy (non-hydrogen) atoms. The number of rotatable bonds is 1. The van der Waals surface area contributed by atoms with Gasteiger partial charge < -0.3 is 10.0 Å². The van der Waals surface area contributed by atoms with E-state index in [2.05, 4.69) is 8.75 Å². The van der Waals surface area contributed by atoms with Gasteiger partial charge in [0.15, 0.2) is 0 Å². The second-order valence-corrected chi connectivity index (χ2v) is 4.33. The summed E-state index contributed by atoms with van der Waals surface area (Å²) in [6.07, 6.45) is -0.357. The molecule has 6 heteroatoms. The SMILES string of the molecule is O=C1CC(O)CN1c1ccc2nsnc2c1. The van der Waals surface area contributed by atoms with Gasteiger partial charge in [-0.25, -0.2) is 0 Å². The summed E-state index contributed by atoms with van der Waals surface area (Å²) in [4.78, 5) is 13.2. The zero-order valence-corrected chi connectivity index (χ0v) is 9.15. The minimum atomic E-state index is -0.559.